The van der Waals surface area contributed by atoms with Gasteiger partial charge >= 0.3 is 0 Å². The van der Waals surface area contributed by atoms with Gasteiger partial charge in [0.1, 0.15) is 0 Å². The molecule has 0 rings (SSSR count). The molecule has 2 N–H and O–H groups in total. The van der Waals surface area contributed by atoms with Crippen LogP contribution in [0.3, 0.4) is 0 Å². The standard InChI is InChI=1S/C7H15NO/c1-3-4-5-8-6-7(2)9/h8-9H,2-6H2,1H3. The van der Waals surface area contributed by atoms with Gasteiger partial charge in [0.2, 0.25) is 0 Å². The fraction of sp³-hybridized carbons (Fsp3) is 0.714. The van der Waals surface area contributed by atoms with E-state index in [1.54, 1.807) is 0 Å². The van der Waals surface area contributed by atoms with Crippen LogP contribution >= 0.6 is 0 Å². The quantitative estimate of drug-likeness (QED) is 0.435. The average Bonchev–Trinajstić information content (AvgIpc) is 1.80. The fourth-order valence-electron chi connectivity index (χ4n) is 0.534. The number of hydrogen-bond donors (Lipinski definition) is 2. The Hall–Kier alpha value is -0.500. The van der Waals surface area contributed by atoms with Crippen LogP contribution in [0, 0.1) is 0 Å². The third kappa shape index (κ3) is 7.50. The highest BCUT2D eigenvalue weighted by atomic mass is 16.3. The molecule has 0 spiro atoms. The molecule has 2 heteroatoms. The van der Waals surface area contributed by atoms with Crippen LogP contribution in [0.1, 0.15) is 19.8 Å². The Bertz CT molecular complexity index is 81.0. The predicted molar refractivity (Wildman–Crippen MR) is 39.5 cm³/mol. The molecule has 0 bridgehead atoms. The maximum absolute atomic E-state index is 8.59. The van der Waals surface area contributed by atoms with Crippen molar-refractivity contribution in [1.29, 1.82) is 0 Å². The molecule has 0 aliphatic rings. The molecule has 0 heterocycles. The van der Waals surface area contributed by atoms with Crippen LogP contribution in [0.15, 0.2) is 12.3 Å². The Morgan fingerprint density at radius 3 is 2.78 bits per heavy atom. The first kappa shape index (κ1) is 8.50. The summed E-state index contributed by atoms with van der Waals surface area (Å²) in [7, 11) is 0. The third-order valence-corrected chi connectivity index (χ3v) is 1.04. The van der Waals surface area contributed by atoms with Crippen molar-refractivity contribution in [2.24, 2.45) is 0 Å². The van der Waals surface area contributed by atoms with Gasteiger partial charge in [0.25, 0.3) is 0 Å². The van der Waals surface area contributed by atoms with E-state index >= 15 is 0 Å². The van der Waals surface area contributed by atoms with E-state index in [1.165, 1.54) is 6.42 Å². The molecule has 0 unspecified atom stereocenters. The minimum Gasteiger partial charge on any atom is -0.512 e. The molecular formula is C7H15NO. The van der Waals surface area contributed by atoms with Gasteiger partial charge in [-0.05, 0) is 13.0 Å². The zero-order valence-electron chi connectivity index (χ0n) is 5.98. The lowest BCUT2D eigenvalue weighted by atomic mass is 10.3. The summed E-state index contributed by atoms with van der Waals surface area (Å²) in [6.45, 7) is 6.98. The normalized spacial score (nSPS) is 9.44. The molecule has 0 aromatic rings. The monoisotopic (exact) mass is 129 g/mol. The van der Waals surface area contributed by atoms with Crippen LogP contribution in [0.25, 0.3) is 0 Å². The van der Waals surface area contributed by atoms with Crippen molar-refractivity contribution in [3.05, 3.63) is 12.3 Å². The summed E-state index contributed by atoms with van der Waals surface area (Å²) in [6.07, 6.45) is 2.35. The van der Waals surface area contributed by atoms with Gasteiger partial charge in [0, 0.05) is 0 Å². The Labute approximate surface area is 56.6 Å². The van der Waals surface area contributed by atoms with Gasteiger partial charge in [-0.2, -0.15) is 0 Å². The van der Waals surface area contributed by atoms with Gasteiger partial charge in [-0.25, -0.2) is 0 Å². The van der Waals surface area contributed by atoms with Crippen LogP contribution in [0.5, 0.6) is 0 Å². The summed E-state index contributed by atoms with van der Waals surface area (Å²) in [5, 5.41) is 11.6. The molecule has 54 valence electrons. The number of aliphatic hydroxyl groups excluding tert-OH is 1. The molecular weight excluding hydrogens is 114 g/mol. The molecule has 9 heavy (non-hydrogen) atoms. The van der Waals surface area contributed by atoms with E-state index in [2.05, 4.69) is 18.8 Å². The van der Waals surface area contributed by atoms with Gasteiger partial charge < -0.3 is 10.4 Å². The molecule has 0 atom stereocenters. The van der Waals surface area contributed by atoms with E-state index in [0.717, 1.165) is 13.0 Å². The summed E-state index contributed by atoms with van der Waals surface area (Å²) in [5.41, 5.74) is 0. The SMILES string of the molecule is C=C(O)CNCCCC. The fourth-order valence-corrected chi connectivity index (χ4v) is 0.534. The van der Waals surface area contributed by atoms with Gasteiger partial charge in [-0.15, -0.1) is 0 Å². The number of nitrogens with one attached hydrogen (secondary N) is 1. The van der Waals surface area contributed by atoms with E-state index in [9.17, 15) is 0 Å². The molecule has 0 saturated carbocycles. The summed E-state index contributed by atoms with van der Waals surface area (Å²) in [5.74, 6) is 0.214. The number of unbranched alkanes of at least 4 members (excludes halogenated alkanes) is 1. The Morgan fingerprint density at radius 2 is 2.33 bits per heavy atom. The minimum absolute atomic E-state index is 0.214. The summed E-state index contributed by atoms with van der Waals surface area (Å²) in [4.78, 5) is 0. The topological polar surface area (TPSA) is 32.3 Å². The largest absolute Gasteiger partial charge is 0.512 e. The molecule has 2 nitrogen and oxygen atoms in total. The zero-order valence-corrected chi connectivity index (χ0v) is 5.98. The maximum atomic E-state index is 8.59. The summed E-state index contributed by atoms with van der Waals surface area (Å²) < 4.78 is 0. The number of hydrogen-bond acceptors (Lipinski definition) is 2. The second kappa shape index (κ2) is 5.63. The van der Waals surface area contributed by atoms with Crippen molar-refractivity contribution in [2.45, 2.75) is 19.8 Å². The average molecular weight is 129 g/mol. The Morgan fingerprint density at radius 1 is 1.67 bits per heavy atom. The van der Waals surface area contributed by atoms with Gasteiger partial charge in [0.05, 0.1) is 12.3 Å². The summed E-state index contributed by atoms with van der Waals surface area (Å²) in [6, 6.07) is 0. The van der Waals surface area contributed by atoms with Crippen molar-refractivity contribution in [2.75, 3.05) is 13.1 Å². The lowest BCUT2D eigenvalue weighted by molar-refractivity contribution is 0.391. The molecule has 0 aromatic heterocycles. The second-order valence-corrected chi connectivity index (χ2v) is 2.10. The van der Waals surface area contributed by atoms with Gasteiger partial charge in [0.15, 0.2) is 0 Å². The highest BCUT2D eigenvalue weighted by Gasteiger charge is 1.86. The Balaban J connectivity index is 2.83. The molecule has 0 radical (unpaired) electrons. The first-order valence-electron chi connectivity index (χ1n) is 3.34. The molecule has 0 amide bonds. The van der Waals surface area contributed by atoms with Crippen molar-refractivity contribution in [1.82, 2.24) is 5.32 Å². The number of aliphatic hydroxyl groups is 1. The van der Waals surface area contributed by atoms with Crippen LogP contribution in [0.2, 0.25) is 0 Å². The van der Waals surface area contributed by atoms with E-state index in [-0.39, 0.29) is 5.76 Å². The van der Waals surface area contributed by atoms with Crippen LogP contribution < -0.4 is 5.32 Å². The van der Waals surface area contributed by atoms with Gasteiger partial charge in [-0.1, -0.05) is 19.9 Å². The number of rotatable bonds is 5. The van der Waals surface area contributed by atoms with Crippen LogP contribution in [0.4, 0.5) is 0 Å². The first-order valence-corrected chi connectivity index (χ1v) is 3.34. The van der Waals surface area contributed by atoms with E-state index in [1.807, 2.05) is 0 Å². The highest BCUT2D eigenvalue weighted by molar-refractivity contribution is 4.80. The predicted octanol–water partition coefficient (Wildman–Crippen LogP) is 1.45. The first-order chi connectivity index (χ1) is 4.27. The van der Waals surface area contributed by atoms with Crippen molar-refractivity contribution in [3.8, 4) is 0 Å². The summed E-state index contributed by atoms with van der Waals surface area (Å²) >= 11 is 0. The van der Waals surface area contributed by atoms with E-state index in [0.29, 0.717) is 6.54 Å². The molecule has 0 aliphatic heterocycles. The van der Waals surface area contributed by atoms with E-state index in [4.69, 9.17) is 5.11 Å². The molecule has 0 saturated heterocycles. The Kier molecular flexibility index (Phi) is 5.32. The minimum atomic E-state index is 0.214. The van der Waals surface area contributed by atoms with E-state index < -0.39 is 0 Å². The second-order valence-electron chi connectivity index (χ2n) is 2.10. The smallest absolute Gasteiger partial charge is 0.0988 e. The van der Waals surface area contributed by atoms with Crippen LogP contribution in [-0.2, 0) is 0 Å². The lowest BCUT2D eigenvalue weighted by Crippen LogP contribution is -2.17. The molecule has 0 aromatic carbocycles. The highest BCUT2D eigenvalue weighted by Crippen LogP contribution is 1.83. The third-order valence-electron chi connectivity index (χ3n) is 1.04. The molecule has 0 fully saturated rings. The zero-order chi connectivity index (χ0) is 7.11. The lowest BCUT2D eigenvalue weighted by Gasteiger charge is -1.99. The van der Waals surface area contributed by atoms with Crippen molar-refractivity contribution < 1.29 is 5.11 Å². The maximum Gasteiger partial charge on any atom is 0.0988 e. The van der Waals surface area contributed by atoms with Crippen LogP contribution in [-0.4, -0.2) is 18.2 Å². The van der Waals surface area contributed by atoms with Gasteiger partial charge in [-0.3, -0.25) is 0 Å². The van der Waals surface area contributed by atoms with Crippen molar-refractivity contribution >= 4 is 0 Å². The molecule has 0 aliphatic carbocycles. The van der Waals surface area contributed by atoms with Crippen molar-refractivity contribution in [3.63, 3.8) is 0 Å².